The molecule has 0 atom stereocenters. The molecule has 0 amide bonds. The van der Waals surface area contributed by atoms with Crippen molar-refractivity contribution in [2.45, 2.75) is 27.4 Å². The second-order valence-electron chi connectivity index (χ2n) is 6.19. The molecule has 3 rings (SSSR count). The monoisotopic (exact) mass is 346 g/mol. The summed E-state index contributed by atoms with van der Waals surface area (Å²) in [6.07, 6.45) is 1.73. The molecule has 0 saturated carbocycles. The van der Waals surface area contributed by atoms with Gasteiger partial charge in [0, 0.05) is 11.4 Å². The number of nitrogens with one attached hydrogen (secondary N) is 1. The second kappa shape index (κ2) is 8.25. The lowest BCUT2D eigenvalue weighted by Gasteiger charge is -2.07. The van der Waals surface area contributed by atoms with Gasteiger partial charge in [0.1, 0.15) is 12.4 Å². The predicted octanol–water partition coefficient (Wildman–Crippen LogP) is 4.43. The molecule has 2 aromatic carbocycles. The van der Waals surface area contributed by atoms with Gasteiger partial charge in [-0.05, 0) is 62.2 Å². The van der Waals surface area contributed by atoms with E-state index in [0.29, 0.717) is 12.6 Å². The van der Waals surface area contributed by atoms with Crippen LogP contribution < -0.4 is 10.2 Å². The van der Waals surface area contributed by atoms with Gasteiger partial charge in [-0.3, -0.25) is 0 Å². The minimum absolute atomic E-state index is 0.497. The SMILES string of the molecule is Cc1ccc(COc2ccc(/C=N/Nc3nc(C)cc(C)n3)cc2)cc1. The fourth-order valence-corrected chi connectivity index (χ4v) is 2.44. The molecule has 1 aromatic heterocycles. The summed E-state index contributed by atoms with van der Waals surface area (Å²) in [4.78, 5) is 8.56. The van der Waals surface area contributed by atoms with Gasteiger partial charge in [0.05, 0.1) is 6.21 Å². The van der Waals surface area contributed by atoms with E-state index < -0.39 is 0 Å². The van der Waals surface area contributed by atoms with Crippen molar-refractivity contribution in [2.24, 2.45) is 5.10 Å². The number of aryl methyl sites for hydroxylation is 3. The van der Waals surface area contributed by atoms with E-state index >= 15 is 0 Å². The molecule has 0 aliphatic rings. The lowest BCUT2D eigenvalue weighted by atomic mass is 10.2. The van der Waals surface area contributed by atoms with Crippen molar-refractivity contribution in [3.05, 3.63) is 82.7 Å². The van der Waals surface area contributed by atoms with Crippen molar-refractivity contribution >= 4 is 12.2 Å². The maximum absolute atomic E-state index is 5.81. The standard InChI is InChI=1S/C21H22N4O/c1-15-4-6-19(7-5-15)14-26-20-10-8-18(9-11-20)13-22-25-21-23-16(2)12-17(3)24-21/h4-13H,14H2,1-3H3,(H,23,24,25)/b22-13+. The van der Waals surface area contributed by atoms with Crippen LogP contribution in [0.4, 0.5) is 5.95 Å². The molecule has 132 valence electrons. The summed E-state index contributed by atoms with van der Waals surface area (Å²) in [6.45, 7) is 6.49. The Hall–Kier alpha value is -3.21. The maximum atomic E-state index is 5.81. The summed E-state index contributed by atoms with van der Waals surface area (Å²) in [6, 6.07) is 18.0. The van der Waals surface area contributed by atoms with E-state index in [1.807, 2.05) is 44.2 Å². The largest absolute Gasteiger partial charge is 0.489 e. The average Bonchev–Trinajstić information content (AvgIpc) is 2.62. The molecule has 26 heavy (non-hydrogen) atoms. The number of aromatic nitrogens is 2. The molecule has 5 nitrogen and oxygen atoms in total. The highest BCUT2D eigenvalue weighted by Gasteiger charge is 1.98. The molecule has 0 fully saturated rings. The van der Waals surface area contributed by atoms with Gasteiger partial charge in [-0.25, -0.2) is 15.4 Å². The van der Waals surface area contributed by atoms with Gasteiger partial charge in [0.15, 0.2) is 0 Å². The Kier molecular flexibility index (Phi) is 5.59. The number of ether oxygens (including phenoxy) is 1. The zero-order valence-electron chi connectivity index (χ0n) is 15.2. The van der Waals surface area contributed by atoms with Crippen LogP contribution in [0.2, 0.25) is 0 Å². The minimum atomic E-state index is 0.497. The molecule has 5 heteroatoms. The third kappa shape index (κ3) is 5.14. The molecule has 0 bridgehead atoms. The van der Waals surface area contributed by atoms with Gasteiger partial charge in [-0.1, -0.05) is 29.8 Å². The first-order valence-corrected chi connectivity index (χ1v) is 8.48. The average molecular weight is 346 g/mol. The first-order valence-electron chi connectivity index (χ1n) is 8.48. The lowest BCUT2D eigenvalue weighted by Crippen LogP contribution is -1.99. The van der Waals surface area contributed by atoms with Crippen molar-refractivity contribution in [1.82, 2.24) is 9.97 Å². The van der Waals surface area contributed by atoms with E-state index in [9.17, 15) is 0 Å². The molecule has 1 N–H and O–H groups in total. The summed E-state index contributed by atoms with van der Waals surface area (Å²) in [5, 5.41) is 4.18. The zero-order valence-corrected chi connectivity index (χ0v) is 15.2. The lowest BCUT2D eigenvalue weighted by molar-refractivity contribution is 0.306. The van der Waals surface area contributed by atoms with Gasteiger partial charge >= 0.3 is 0 Å². The Labute approximate surface area is 153 Å². The van der Waals surface area contributed by atoms with E-state index in [4.69, 9.17) is 4.74 Å². The summed E-state index contributed by atoms with van der Waals surface area (Å²) in [5.74, 6) is 1.32. The van der Waals surface area contributed by atoms with E-state index in [1.165, 1.54) is 5.56 Å². The smallest absolute Gasteiger partial charge is 0.243 e. The van der Waals surface area contributed by atoms with Crippen molar-refractivity contribution in [3.8, 4) is 5.75 Å². The highest BCUT2D eigenvalue weighted by atomic mass is 16.5. The number of hydrazone groups is 1. The van der Waals surface area contributed by atoms with Gasteiger partial charge in [0.25, 0.3) is 0 Å². The summed E-state index contributed by atoms with van der Waals surface area (Å²) >= 11 is 0. The quantitative estimate of drug-likeness (QED) is 0.530. The number of nitrogens with zero attached hydrogens (tertiary/aromatic N) is 3. The van der Waals surface area contributed by atoms with Crippen LogP contribution >= 0.6 is 0 Å². The van der Waals surface area contributed by atoms with Crippen LogP contribution in [0.5, 0.6) is 5.75 Å². The molecule has 3 aromatic rings. The van der Waals surface area contributed by atoms with Crippen molar-refractivity contribution < 1.29 is 4.74 Å². The fourth-order valence-electron chi connectivity index (χ4n) is 2.44. The van der Waals surface area contributed by atoms with Crippen LogP contribution in [0.15, 0.2) is 59.7 Å². The maximum Gasteiger partial charge on any atom is 0.243 e. The molecule has 0 aliphatic carbocycles. The third-order valence-electron chi connectivity index (χ3n) is 3.77. The number of benzene rings is 2. The van der Waals surface area contributed by atoms with Gasteiger partial charge < -0.3 is 4.74 Å². The molecular formula is C21H22N4O. The van der Waals surface area contributed by atoms with Crippen LogP contribution in [0.25, 0.3) is 0 Å². The van der Waals surface area contributed by atoms with E-state index in [0.717, 1.165) is 28.3 Å². The predicted molar refractivity (Wildman–Crippen MR) is 105 cm³/mol. The van der Waals surface area contributed by atoms with Gasteiger partial charge in [-0.2, -0.15) is 5.10 Å². The molecule has 0 saturated heterocycles. The van der Waals surface area contributed by atoms with Crippen LogP contribution in [0.1, 0.15) is 28.1 Å². The first-order chi connectivity index (χ1) is 12.6. The molecule has 0 radical (unpaired) electrons. The molecule has 0 aliphatic heterocycles. The van der Waals surface area contributed by atoms with Crippen LogP contribution in [0.3, 0.4) is 0 Å². The van der Waals surface area contributed by atoms with Crippen molar-refractivity contribution in [1.29, 1.82) is 0 Å². The Bertz CT molecular complexity index is 867. The number of hydrogen-bond acceptors (Lipinski definition) is 5. The van der Waals surface area contributed by atoms with E-state index in [-0.39, 0.29) is 0 Å². The van der Waals surface area contributed by atoms with Gasteiger partial charge in [-0.15, -0.1) is 0 Å². The molecule has 1 heterocycles. The van der Waals surface area contributed by atoms with Crippen LogP contribution in [0, 0.1) is 20.8 Å². The summed E-state index contributed by atoms with van der Waals surface area (Å²) in [7, 11) is 0. The number of anilines is 1. The third-order valence-corrected chi connectivity index (χ3v) is 3.77. The fraction of sp³-hybridized carbons (Fsp3) is 0.190. The minimum Gasteiger partial charge on any atom is -0.489 e. The Morgan fingerprint density at radius 1 is 0.923 bits per heavy atom. The molecular weight excluding hydrogens is 324 g/mol. The highest BCUT2D eigenvalue weighted by Crippen LogP contribution is 2.14. The number of hydrogen-bond donors (Lipinski definition) is 1. The van der Waals surface area contributed by atoms with Crippen molar-refractivity contribution in [3.63, 3.8) is 0 Å². The first kappa shape index (κ1) is 17.6. The number of rotatable bonds is 6. The second-order valence-corrected chi connectivity index (χ2v) is 6.19. The summed E-state index contributed by atoms with van der Waals surface area (Å²) < 4.78 is 5.81. The Morgan fingerprint density at radius 3 is 2.23 bits per heavy atom. The normalized spacial score (nSPS) is 10.9. The Morgan fingerprint density at radius 2 is 1.58 bits per heavy atom. The summed E-state index contributed by atoms with van der Waals surface area (Å²) in [5.41, 5.74) is 8.03. The topological polar surface area (TPSA) is 59.4 Å². The Balaban J connectivity index is 1.54. The zero-order chi connectivity index (χ0) is 18.4. The van der Waals surface area contributed by atoms with Crippen LogP contribution in [-0.4, -0.2) is 16.2 Å². The van der Waals surface area contributed by atoms with Crippen LogP contribution in [-0.2, 0) is 6.61 Å². The molecule has 0 unspecified atom stereocenters. The van der Waals surface area contributed by atoms with E-state index in [2.05, 4.69) is 51.7 Å². The molecule has 0 spiro atoms. The highest BCUT2D eigenvalue weighted by molar-refractivity contribution is 5.80. The van der Waals surface area contributed by atoms with Crippen molar-refractivity contribution in [2.75, 3.05) is 5.43 Å². The van der Waals surface area contributed by atoms with Gasteiger partial charge in [0.2, 0.25) is 5.95 Å². The van der Waals surface area contributed by atoms with E-state index in [1.54, 1.807) is 6.21 Å².